The maximum atomic E-state index is 12.6. The average Bonchev–Trinajstić information content (AvgIpc) is 2.50. The Bertz CT molecular complexity index is 319. The Hall–Kier alpha value is -1.00. The molecule has 1 saturated carbocycles. The number of halogens is 2. The van der Waals surface area contributed by atoms with Crippen LogP contribution in [0.15, 0.2) is 6.20 Å². The summed E-state index contributed by atoms with van der Waals surface area (Å²) in [5.74, 6) is -2.33. The molecule has 0 aliphatic heterocycles. The highest BCUT2D eigenvalue weighted by molar-refractivity contribution is 5.05. The van der Waals surface area contributed by atoms with Crippen LogP contribution in [0.5, 0.6) is 0 Å². The summed E-state index contributed by atoms with van der Waals surface area (Å²) in [7, 11) is 0. The third-order valence-corrected chi connectivity index (χ3v) is 2.23. The number of hydrogen-bond acceptors (Lipinski definition) is 2. The lowest BCUT2D eigenvalue weighted by molar-refractivity contribution is 0.0979. The minimum Gasteiger partial charge on any atom is -0.243 e. The standard InChI is InChI=1S/C8H11F2N3/c1-5(2)6-4-13(12-11-6)7-3-8(7,9)10/h4-5,7H,3H2,1-2H3. The van der Waals surface area contributed by atoms with Crippen molar-refractivity contribution in [3.8, 4) is 0 Å². The second kappa shape index (κ2) is 2.49. The molecule has 1 aliphatic carbocycles. The van der Waals surface area contributed by atoms with Crippen LogP contribution < -0.4 is 0 Å². The van der Waals surface area contributed by atoms with Crippen molar-refractivity contribution in [2.24, 2.45) is 0 Å². The van der Waals surface area contributed by atoms with E-state index in [2.05, 4.69) is 10.3 Å². The Kier molecular flexibility index (Phi) is 1.65. The van der Waals surface area contributed by atoms with Gasteiger partial charge in [0.1, 0.15) is 6.04 Å². The lowest BCUT2D eigenvalue weighted by atomic mass is 10.2. The predicted octanol–water partition coefficient (Wildman–Crippen LogP) is 1.98. The summed E-state index contributed by atoms with van der Waals surface area (Å²) in [6.07, 6.45) is 1.50. The first kappa shape index (κ1) is 8.59. The minimum atomic E-state index is -2.57. The van der Waals surface area contributed by atoms with Crippen molar-refractivity contribution in [2.75, 3.05) is 0 Å². The normalized spacial score (nSPS) is 25.2. The molecule has 1 aliphatic rings. The maximum absolute atomic E-state index is 12.6. The van der Waals surface area contributed by atoms with E-state index in [0.29, 0.717) is 0 Å². The summed E-state index contributed by atoms with van der Waals surface area (Å²) in [5.41, 5.74) is 0.766. The molecule has 1 atom stereocenters. The predicted molar refractivity (Wildman–Crippen MR) is 42.7 cm³/mol. The first-order valence-corrected chi connectivity index (χ1v) is 4.30. The van der Waals surface area contributed by atoms with Crippen LogP contribution >= 0.6 is 0 Å². The molecule has 0 saturated heterocycles. The van der Waals surface area contributed by atoms with E-state index in [0.717, 1.165) is 5.69 Å². The molecule has 0 bridgehead atoms. The SMILES string of the molecule is CC(C)c1cn(C2CC2(F)F)nn1. The third kappa shape index (κ3) is 1.43. The second-order valence-corrected chi connectivity index (χ2v) is 3.76. The van der Waals surface area contributed by atoms with E-state index >= 15 is 0 Å². The zero-order valence-electron chi connectivity index (χ0n) is 7.54. The molecule has 2 rings (SSSR count). The summed E-state index contributed by atoms with van der Waals surface area (Å²) in [5, 5.41) is 7.50. The summed E-state index contributed by atoms with van der Waals surface area (Å²) >= 11 is 0. The van der Waals surface area contributed by atoms with Gasteiger partial charge in [0.2, 0.25) is 0 Å². The average molecular weight is 187 g/mol. The van der Waals surface area contributed by atoms with Gasteiger partial charge >= 0.3 is 0 Å². The molecule has 1 unspecified atom stereocenters. The van der Waals surface area contributed by atoms with Gasteiger partial charge in [-0.2, -0.15) is 0 Å². The first-order chi connectivity index (χ1) is 6.00. The van der Waals surface area contributed by atoms with Crippen LogP contribution in [0.25, 0.3) is 0 Å². The van der Waals surface area contributed by atoms with Crippen molar-refractivity contribution < 1.29 is 8.78 Å². The molecule has 0 aromatic carbocycles. The largest absolute Gasteiger partial charge is 0.272 e. The van der Waals surface area contributed by atoms with E-state index in [9.17, 15) is 8.78 Å². The monoisotopic (exact) mass is 187 g/mol. The number of hydrogen-bond donors (Lipinski definition) is 0. The molecule has 1 aromatic rings. The Labute approximate surface area is 74.7 Å². The Morgan fingerprint density at radius 3 is 2.62 bits per heavy atom. The summed E-state index contributed by atoms with van der Waals surface area (Å²) in [6.45, 7) is 3.92. The van der Waals surface area contributed by atoms with Gasteiger partial charge < -0.3 is 0 Å². The van der Waals surface area contributed by atoms with Gasteiger partial charge in [0.05, 0.1) is 5.69 Å². The van der Waals surface area contributed by atoms with Gasteiger partial charge in [0.25, 0.3) is 5.92 Å². The highest BCUT2D eigenvalue weighted by atomic mass is 19.3. The third-order valence-electron chi connectivity index (χ3n) is 2.23. The molecular weight excluding hydrogens is 176 g/mol. The van der Waals surface area contributed by atoms with Crippen LogP contribution in [0.3, 0.4) is 0 Å². The second-order valence-electron chi connectivity index (χ2n) is 3.76. The summed E-state index contributed by atoms with van der Waals surface area (Å²) < 4.78 is 26.5. The molecule has 1 aromatic heterocycles. The molecule has 0 spiro atoms. The molecule has 0 radical (unpaired) electrons. The number of rotatable bonds is 2. The van der Waals surface area contributed by atoms with Crippen LogP contribution in [0.4, 0.5) is 8.78 Å². The fraction of sp³-hybridized carbons (Fsp3) is 0.750. The molecule has 1 heterocycles. The Morgan fingerprint density at radius 2 is 2.23 bits per heavy atom. The number of alkyl halides is 2. The van der Waals surface area contributed by atoms with Crippen molar-refractivity contribution in [3.63, 3.8) is 0 Å². The summed E-state index contributed by atoms with van der Waals surface area (Å²) in [4.78, 5) is 0. The lowest BCUT2D eigenvalue weighted by Crippen LogP contribution is -2.02. The quantitative estimate of drug-likeness (QED) is 0.708. The fourth-order valence-corrected chi connectivity index (χ4v) is 1.19. The zero-order chi connectivity index (χ0) is 9.64. The fourth-order valence-electron chi connectivity index (χ4n) is 1.19. The van der Waals surface area contributed by atoms with Gasteiger partial charge in [-0.25, -0.2) is 13.5 Å². The molecule has 0 N–H and O–H groups in total. The highest BCUT2D eigenvalue weighted by Crippen LogP contribution is 2.52. The van der Waals surface area contributed by atoms with Crippen LogP contribution in [-0.2, 0) is 0 Å². The van der Waals surface area contributed by atoms with Crippen LogP contribution in [-0.4, -0.2) is 20.9 Å². The molecule has 3 nitrogen and oxygen atoms in total. The molecule has 0 amide bonds. The van der Waals surface area contributed by atoms with Crippen molar-refractivity contribution in [1.82, 2.24) is 15.0 Å². The molecule has 13 heavy (non-hydrogen) atoms. The number of aromatic nitrogens is 3. The van der Waals surface area contributed by atoms with Gasteiger partial charge in [-0.05, 0) is 5.92 Å². The van der Waals surface area contributed by atoms with Crippen molar-refractivity contribution in [3.05, 3.63) is 11.9 Å². The van der Waals surface area contributed by atoms with Crippen LogP contribution in [0, 0.1) is 0 Å². The minimum absolute atomic E-state index is 0.103. The van der Waals surface area contributed by atoms with Crippen LogP contribution in [0.1, 0.15) is 37.9 Å². The lowest BCUT2D eigenvalue weighted by Gasteiger charge is -1.96. The van der Waals surface area contributed by atoms with Gasteiger partial charge in [-0.15, -0.1) is 5.10 Å². The van der Waals surface area contributed by atoms with E-state index in [1.807, 2.05) is 13.8 Å². The van der Waals surface area contributed by atoms with Gasteiger partial charge in [-0.3, -0.25) is 0 Å². The van der Waals surface area contributed by atoms with E-state index < -0.39 is 12.0 Å². The molecule has 1 fully saturated rings. The van der Waals surface area contributed by atoms with E-state index in [1.165, 1.54) is 4.68 Å². The topological polar surface area (TPSA) is 30.7 Å². The van der Waals surface area contributed by atoms with E-state index in [1.54, 1.807) is 6.20 Å². The van der Waals surface area contributed by atoms with E-state index in [-0.39, 0.29) is 12.3 Å². The highest BCUT2D eigenvalue weighted by Gasteiger charge is 2.59. The molecule has 5 heteroatoms. The van der Waals surface area contributed by atoms with Gasteiger partial charge in [0, 0.05) is 12.6 Å². The smallest absolute Gasteiger partial charge is 0.243 e. The summed E-state index contributed by atoms with van der Waals surface area (Å²) in [6, 6.07) is -0.757. The van der Waals surface area contributed by atoms with Crippen molar-refractivity contribution in [1.29, 1.82) is 0 Å². The first-order valence-electron chi connectivity index (χ1n) is 4.30. The Balaban J connectivity index is 2.16. The van der Waals surface area contributed by atoms with Gasteiger partial charge in [0.15, 0.2) is 0 Å². The van der Waals surface area contributed by atoms with Crippen molar-refractivity contribution >= 4 is 0 Å². The van der Waals surface area contributed by atoms with Crippen molar-refractivity contribution in [2.45, 2.75) is 38.2 Å². The number of nitrogens with zero attached hydrogens (tertiary/aromatic N) is 3. The van der Waals surface area contributed by atoms with Crippen LogP contribution in [0.2, 0.25) is 0 Å². The van der Waals surface area contributed by atoms with E-state index in [4.69, 9.17) is 0 Å². The maximum Gasteiger partial charge on any atom is 0.272 e. The Morgan fingerprint density at radius 1 is 1.62 bits per heavy atom. The molecular formula is C8H11F2N3. The molecule has 72 valence electrons. The van der Waals surface area contributed by atoms with Gasteiger partial charge in [-0.1, -0.05) is 19.1 Å². The zero-order valence-corrected chi connectivity index (χ0v) is 7.54.